The van der Waals surface area contributed by atoms with Crippen LogP contribution in [-0.2, 0) is 11.2 Å². The maximum absolute atomic E-state index is 13.0. The summed E-state index contributed by atoms with van der Waals surface area (Å²) in [7, 11) is 0. The predicted octanol–water partition coefficient (Wildman–Crippen LogP) is 4.17. The van der Waals surface area contributed by atoms with E-state index < -0.39 is 0 Å². The summed E-state index contributed by atoms with van der Waals surface area (Å²) in [5.74, 6) is 0.605. The van der Waals surface area contributed by atoms with Gasteiger partial charge in [0.05, 0.1) is 6.04 Å². The SMILES string of the molecule is O=C(CCc1nc(-c2ccc(F)cc2)no1)N1CCC[C@H]1c1ccccc1. The third kappa shape index (κ3) is 3.89. The molecule has 3 aromatic rings. The van der Waals surface area contributed by atoms with E-state index in [2.05, 4.69) is 22.3 Å². The number of aryl methyl sites for hydroxylation is 1. The van der Waals surface area contributed by atoms with Crippen LogP contribution in [0.25, 0.3) is 11.4 Å². The molecule has 5 nitrogen and oxygen atoms in total. The minimum atomic E-state index is -0.313. The van der Waals surface area contributed by atoms with Gasteiger partial charge in [-0.25, -0.2) is 4.39 Å². The van der Waals surface area contributed by atoms with Gasteiger partial charge in [0.25, 0.3) is 0 Å². The predicted molar refractivity (Wildman–Crippen MR) is 98.1 cm³/mol. The molecule has 1 fully saturated rings. The fourth-order valence-electron chi connectivity index (χ4n) is 3.52. The minimum Gasteiger partial charge on any atom is -0.339 e. The highest BCUT2D eigenvalue weighted by molar-refractivity contribution is 5.77. The van der Waals surface area contributed by atoms with E-state index in [9.17, 15) is 9.18 Å². The zero-order chi connectivity index (χ0) is 18.6. The second kappa shape index (κ2) is 7.70. The van der Waals surface area contributed by atoms with E-state index in [1.165, 1.54) is 17.7 Å². The number of benzene rings is 2. The summed E-state index contributed by atoms with van der Waals surface area (Å²) in [5.41, 5.74) is 1.86. The third-order valence-electron chi connectivity index (χ3n) is 4.88. The van der Waals surface area contributed by atoms with Crippen LogP contribution in [0, 0.1) is 5.82 Å². The number of hydrogen-bond acceptors (Lipinski definition) is 4. The van der Waals surface area contributed by atoms with Gasteiger partial charge >= 0.3 is 0 Å². The van der Waals surface area contributed by atoms with Crippen LogP contribution in [0.1, 0.15) is 36.8 Å². The van der Waals surface area contributed by atoms with E-state index in [-0.39, 0.29) is 17.8 Å². The first-order valence-corrected chi connectivity index (χ1v) is 9.13. The molecular weight excluding hydrogens is 345 g/mol. The van der Waals surface area contributed by atoms with Gasteiger partial charge in [0.1, 0.15) is 5.82 Å². The number of rotatable bonds is 5. The van der Waals surface area contributed by atoms with Crippen LogP contribution in [-0.4, -0.2) is 27.5 Å². The van der Waals surface area contributed by atoms with Gasteiger partial charge < -0.3 is 9.42 Å². The van der Waals surface area contributed by atoms with E-state index >= 15 is 0 Å². The number of amides is 1. The Morgan fingerprint density at radius 2 is 1.93 bits per heavy atom. The highest BCUT2D eigenvalue weighted by atomic mass is 19.1. The van der Waals surface area contributed by atoms with Gasteiger partial charge in [-0.3, -0.25) is 4.79 Å². The Labute approximate surface area is 156 Å². The van der Waals surface area contributed by atoms with Crippen LogP contribution in [0.15, 0.2) is 59.1 Å². The Hall–Kier alpha value is -3.02. The summed E-state index contributed by atoms with van der Waals surface area (Å²) in [4.78, 5) is 19.0. The molecule has 0 aliphatic carbocycles. The highest BCUT2D eigenvalue weighted by Gasteiger charge is 2.29. The Morgan fingerprint density at radius 1 is 1.15 bits per heavy atom. The molecule has 138 valence electrons. The Balaban J connectivity index is 1.39. The summed E-state index contributed by atoms with van der Waals surface area (Å²) in [6.45, 7) is 0.781. The van der Waals surface area contributed by atoms with Crippen molar-refractivity contribution in [3.63, 3.8) is 0 Å². The highest BCUT2D eigenvalue weighted by Crippen LogP contribution is 2.32. The van der Waals surface area contributed by atoms with E-state index in [1.807, 2.05) is 23.1 Å². The molecule has 1 atom stereocenters. The number of halogens is 1. The summed E-state index contributed by atoms with van der Waals surface area (Å²) in [6, 6.07) is 16.2. The number of hydrogen-bond donors (Lipinski definition) is 0. The molecule has 0 unspecified atom stereocenters. The molecule has 0 spiro atoms. The summed E-state index contributed by atoms with van der Waals surface area (Å²) < 4.78 is 18.3. The molecule has 2 aromatic carbocycles. The molecule has 0 saturated carbocycles. The summed E-state index contributed by atoms with van der Waals surface area (Å²) in [5, 5.41) is 3.92. The second-order valence-corrected chi connectivity index (χ2v) is 6.67. The zero-order valence-corrected chi connectivity index (χ0v) is 14.8. The maximum Gasteiger partial charge on any atom is 0.227 e. The van der Waals surface area contributed by atoms with E-state index in [0.717, 1.165) is 19.4 Å². The molecule has 0 radical (unpaired) electrons. The Morgan fingerprint density at radius 3 is 2.70 bits per heavy atom. The van der Waals surface area contributed by atoms with Gasteiger partial charge in [-0.1, -0.05) is 35.5 Å². The normalized spacial score (nSPS) is 16.6. The van der Waals surface area contributed by atoms with Crippen LogP contribution >= 0.6 is 0 Å². The molecule has 1 aliphatic heterocycles. The van der Waals surface area contributed by atoms with Crippen molar-refractivity contribution in [3.8, 4) is 11.4 Å². The molecule has 4 rings (SSSR count). The van der Waals surface area contributed by atoms with Crippen molar-refractivity contribution >= 4 is 5.91 Å². The van der Waals surface area contributed by atoms with Crippen LogP contribution in [0.3, 0.4) is 0 Å². The summed E-state index contributed by atoms with van der Waals surface area (Å²) >= 11 is 0. The molecule has 0 N–H and O–H groups in total. The third-order valence-corrected chi connectivity index (χ3v) is 4.88. The molecule has 1 amide bonds. The monoisotopic (exact) mass is 365 g/mol. The number of carbonyl (C=O) groups excluding carboxylic acids is 1. The molecule has 2 heterocycles. The van der Waals surface area contributed by atoms with Crippen LogP contribution in [0.4, 0.5) is 4.39 Å². The first-order valence-electron chi connectivity index (χ1n) is 9.13. The topological polar surface area (TPSA) is 59.2 Å². The van der Waals surface area contributed by atoms with Crippen molar-refractivity contribution < 1.29 is 13.7 Å². The van der Waals surface area contributed by atoms with Gasteiger partial charge in [0.2, 0.25) is 17.6 Å². The van der Waals surface area contributed by atoms with Gasteiger partial charge in [0.15, 0.2) is 0 Å². The van der Waals surface area contributed by atoms with Crippen molar-refractivity contribution in [3.05, 3.63) is 71.9 Å². The van der Waals surface area contributed by atoms with Crippen LogP contribution < -0.4 is 0 Å². The fourth-order valence-corrected chi connectivity index (χ4v) is 3.52. The standard InChI is InChI=1S/C21H20FN3O2/c22-17-10-8-16(9-11-17)21-23-19(27-24-21)12-13-20(26)25-14-4-7-18(25)15-5-2-1-3-6-15/h1-3,5-6,8-11,18H,4,7,12-14H2/t18-/m0/s1. The van der Waals surface area contributed by atoms with Gasteiger partial charge in [0, 0.05) is 24.9 Å². The van der Waals surface area contributed by atoms with E-state index in [0.29, 0.717) is 30.1 Å². The van der Waals surface area contributed by atoms with Gasteiger partial charge in [-0.15, -0.1) is 0 Å². The number of carbonyl (C=O) groups is 1. The lowest BCUT2D eigenvalue weighted by Gasteiger charge is -2.25. The number of aromatic nitrogens is 2. The van der Waals surface area contributed by atoms with Crippen molar-refractivity contribution in [2.24, 2.45) is 0 Å². The first kappa shape index (κ1) is 17.4. The Kier molecular flexibility index (Phi) is 4.96. The molecule has 6 heteroatoms. The Bertz CT molecular complexity index is 909. The first-order chi connectivity index (χ1) is 13.2. The lowest BCUT2D eigenvalue weighted by atomic mass is 10.0. The van der Waals surface area contributed by atoms with Crippen LogP contribution in [0.2, 0.25) is 0 Å². The van der Waals surface area contributed by atoms with Crippen molar-refractivity contribution in [1.29, 1.82) is 0 Å². The lowest BCUT2D eigenvalue weighted by molar-refractivity contribution is -0.132. The quantitative estimate of drug-likeness (QED) is 0.681. The van der Waals surface area contributed by atoms with E-state index in [4.69, 9.17) is 4.52 Å². The smallest absolute Gasteiger partial charge is 0.227 e. The minimum absolute atomic E-state index is 0.0999. The molecule has 1 saturated heterocycles. The largest absolute Gasteiger partial charge is 0.339 e. The molecule has 27 heavy (non-hydrogen) atoms. The zero-order valence-electron chi connectivity index (χ0n) is 14.8. The summed E-state index contributed by atoms with van der Waals surface area (Å²) in [6.07, 6.45) is 2.73. The van der Waals surface area contributed by atoms with Crippen molar-refractivity contribution in [2.45, 2.75) is 31.7 Å². The molecule has 1 aliphatic rings. The average Bonchev–Trinajstić information content (AvgIpc) is 3.37. The fraction of sp³-hybridized carbons (Fsp3) is 0.286. The molecular formula is C21H20FN3O2. The number of nitrogens with zero attached hydrogens (tertiary/aromatic N) is 3. The molecule has 1 aromatic heterocycles. The van der Waals surface area contributed by atoms with E-state index in [1.54, 1.807) is 12.1 Å². The lowest BCUT2D eigenvalue weighted by Crippen LogP contribution is -2.30. The van der Waals surface area contributed by atoms with Gasteiger partial charge in [-0.2, -0.15) is 4.98 Å². The van der Waals surface area contributed by atoms with Crippen molar-refractivity contribution in [1.82, 2.24) is 15.0 Å². The number of likely N-dealkylation sites (tertiary alicyclic amines) is 1. The average molecular weight is 365 g/mol. The second-order valence-electron chi connectivity index (χ2n) is 6.67. The van der Waals surface area contributed by atoms with Gasteiger partial charge in [-0.05, 0) is 42.7 Å². The maximum atomic E-state index is 13.0. The van der Waals surface area contributed by atoms with Crippen LogP contribution in [0.5, 0.6) is 0 Å². The molecule has 0 bridgehead atoms. The van der Waals surface area contributed by atoms with Crippen molar-refractivity contribution in [2.75, 3.05) is 6.54 Å².